The van der Waals surface area contributed by atoms with Crippen molar-refractivity contribution < 1.29 is 19.1 Å². The van der Waals surface area contributed by atoms with Crippen molar-refractivity contribution >= 4 is 11.8 Å². The molecule has 0 aromatic heterocycles. The Morgan fingerprint density at radius 2 is 1.72 bits per heavy atom. The average molecular weight is 346 g/mol. The molecule has 2 atom stereocenters. The first-order valence-electron chi connectivity index (χ1n) is 9.13. The maximum Gasteiger partial charge on any atom is 0.265 e. The van der Waals surface area contributed by atoms with Gasteiger partial charge in [0.2, 0.25) is 12.0 Å². The van der Waals surface area contributed by atoms with E-state index < -0.39 is 6.10 Å². The van der Waals surface area contributed by atoms with Crippen molar-refractivity contribution in [1.82, 2.24) is 10.2 Å². The maximum atomic E-state index is 12.4. The molecule has 2 amide bonds. The number of fused-ring (bicyclic) bond motifs is 1. The predicted octanol–water partition coefficient (Wildman–Crippen LogP) is 2.12. The van der Waals surface area contributed by atoms with Crippen LogP contribution in [0.15, 0.2) is 24.3 Å². The minimum absolute atomic E-state index is 0.112. The largest absolute Gasteiger partial charge is 0.482 e. The Balaban J connectivity index is 1.47. The molecule has 25 heavy (non-hydrogen) atoms. The molecule has 1 saturated heterocycles. The number of ether oxygens (including phenoxy) is 2. The summed E-state index contributed by atoms with van der Waals surface area (Å²) in [4.78, 5) is 26.6. The van der Waals surface area contributed by atoms with Gasteiger partial charge >= 0.3 is 0 Å². The summed E-state index contributed by atoms with van der Waals surface area (Å²) >= 11 is 0. The number of amides is 2. The van der Waals surface area contributed by atoms with Crippen LogP contribution < -0.4 is 14.8 Å². The van der Waals surface area contributed by atoms with Gasteiger partial charge in [0.1, 0.15) is 6.10 Å². The zero-order valence-corrected chi connectivity index (χ0v) is 14.7. The molecule has 0 aliphatic carbocycles. The fourth-order valence-corrected chi connectivity index (χ4v) is 3.28. The van der Waals surface area contributed by atoms with E-state index in [1.54, 1.807) is 6.07 Å². The molecule has 1 aromatic carbocycles. The van der Waals surface area contributed by atoms with E-state index in [0.717, 1.165) is 25.9 Å². The first-order chi connectivity index (χ1) is 12.1. The van der Waals surface area contributed by atoms with Crippen LogP contribution in [-0.4, -0.2) is 48.6 Å². The average Bonchev–Trinajstić information content (AvgIpc) is 2.90. The number of likely N-dealkylation sites (tertiary alicyclic amines) is 1. The van der Waals surface area contributed by atoms with Gasteiger partial charge in [0, 0.05) is 26.1 Å². The van der Waals surface area contributed by atoms with Crippen LogP contribution >= 0.6 is 0 Å². The van der Waals surface area contributed by atoms with E-state index >= 15 is 0 Å². The standard InChI is InChI=1S/C19H26N2O4/c1-14-18(25-16-9-5-4-8-15(16)24-14)19(23)20-11-10-17(22)21-12-6-2-3-7-13-21/h4-5,8-9,14,18H,2-3,6-7,10-13H2,1H3,(H,20,23)/t14-,18+/m0/s1. The lowest BCUT2D eigenvalue weighted by molar-refractivity contribution is -0.134. The molecule has 1 N–H and O–H groups in total. The number of hydrogen-bond donors (Lipinski definition) is 1. The van der Waals surface area contributed by atoms with Crippen molar-refractivity contribution in [3.05, 3.63) is 24.3 Å². The van der Waals surface area contributed by atoms with Crippen LogP contribution in [0.25, 0.3) is 0 Å². The van der Waals surface area contributed by atoms with E-state index in [2.05, 4.69) is 5.32 Å². The monoisotopic (exact) mass is 346 g/mol. The number of nitrogens with one attached hydrogen (secondary N) is 1. The molecule has 1 aromatic rings. The second-order valence-corrected chi connectivity index (χ2v) is 6.64. The van der Waals surface area contributed by atoms with Crippen molar-refractivity contribution in [2.24, 2.45) is 0 Å². The Hall–Kier alpha value is -2.24. The third-order valence-electron chi connectivity index (χ3n) is 4.70. The van der Waals surface area contributed by atoms with E-state index in [4.69, 9.17) is 9.47 Å². The minimum atomic E-state index is -0.705. The summed E-state index contributed by atoms with van der Waals surface area (Å²) in [5.74, 6) is 1.09. The van der Waals surface area contributed by atoms with E-state index in [-0.39, 0.29) is 17.9 Å². The fraction of sp³-hybridized carbons (Fsp3) is 0.579. The summed E-state index contributed by atoms with van der Waals surface area (Å²) in [5.41, 5.74) is 0. The number of carbonyl (C=O) groups excluding carboxylic acids is 2. The summed E-state index contributed by atoms with van der Waals surface area (Å²) in [6, 6.07) is 7.31. The Labute approximate surface area is 148 Å². The van der Waals surface area contributed by atoms with Crippen LogP contribution in [0.1, 0.15) is 39.0 Å². The van der Waals surface area contributed by atoms with Gasteiger partial charge in [-0.1, -0.05) is 25.0 Å². The van der Waals surface area contributed by atoms with E-state index in [0.29, 0.717) is 24.5 Å². The fourth-order valence-electron chi connectivity index (χ4n) is 3.28. The summed E-state index contributed by atoms with van der Waals surface area (Å²) < 4.78 is 11.5. The van der Waals surface area contributed by atoms with Crippen LogP contribution in [0.2, 0.25) is 0 Å². The van der Waals surface area contributed by atoms with Crippen molar-refractivity contribution in [2.75, 3.05) is 19.6 Å². The number of para-hydroxylation sites is 2. The highest BCUT2D eigenvalue weighted by Gasteiger charge is 2.33. The molecule has 0 spiro atoms. The molecule has 2 aliphatic heterocycles. The molecular formula is C19H26N2O4. The van der Waals surface area contributed by atoms with Crippen LogP contribution in [-0.2, 0) is 9.59 Å². The molecule has 0 bridgehead atoms. The molecule has 3 rings (SSSR count). The lowest BCUT2D eigenvalue weighted by Crippen LogP contribution is -2.49. The molecule has 0 saturated carbocycles. The predicted molar refractivity (Wildman–Crippen MR) is 93.6 cm³/mol. The lowest BCUT2D eigenvalue weighted by Gasteiger charge is -2.31. The zero-order chi connectivity index (χ0) is 17.6. The number of carbonyl (C=O) groups is 2. The third kappa shape index (κ3) is 4.44. The minimum Gasteiger partial charge on any atom is -0.482 e. The van der Waals surface area contributed by atoms with Crippen molar-refractivity contribution in [1.29, 1.82) is 0 Å². The van der Waals surface area contributed by atoms with Crippen molar-refractivity contribution in [3.63, 3.8) is 0 Å². The quantitative estimate of drug-likeness (QED) is 0.907. The lowest BCUT2D eigenvalue weighted by atomic mass is 10.1. The van der Waals surface area contributed by atoms with Gasteiger partial charge in [0.15, 0.2) is 11.5 Å². The molecule has 0 radical (unpaired) electrons. The first kappa shape index (κ1) is 17.6. The maximum absolute atomic E-state index is 12.4. The Kier molecular flexibility index (Phi) is 5.79. The molecule has 2 heterocycles. The second kappa shape index (κ2) is 8.23. The van der Waals surface area contributed by atoms with Gasteiger partial charge in [0.05, 0.1) is 0 Å². The Morgan fingerprint density at radius 3 is 2.40 bits per heavy atom. The molecule has 2 aliphatic rings. The van der Waals surface area contributed by atoms with Gasteiger partial charge in [-0.25, -0.2) is 0 Å². The number of benzene rings is 1. The first-order valence-corrected chi connectivity index (χ1v) is 9.13. The number of hydrogen-bond acceptors (Lipinski definition) is 4. The number of rotatable bonds is 4. The summed E-state index contributed by atoms with van der Waals surface area (Å²) in [6.45, 7) is 3.80. The summed E-state index contributed by atoms with van der Waals surface area (Å²) in [5, 5.41) is 2.81. The van der Waals surface area contributed by atoms with E-state index in [1.165, 1.54) is 12.8 Å². The van der Waals surface area contributed by atoms with Gasteiger partial charge in [-0.2, -0.15) is 0 Å². The van der Waals surface area contributed by atoms with Gasteiger partial charge < -0.3 is 19.7 Å². The third-order valence-corrected chi connectivity index (χ3v) is 4.70. The van der Waals surface area contributed by atoms with Crippen LogP contribution in [0, 0.1) is 0 Å². The topological polar surface area (TPSA) is 67.9 Å². The molecule has 1 fully saturated rings. The SMILES string of the molecule is C[C@@H]1Oc2ccccc2O[C@H]1C(=O)NCCC(=O)N1CCCCCC1. The Morgan fingerprint density at radius 1 is 1.08 bits per heavy atom. The molecule has 136 valence electrons. The summed E-state index contributed by atoms with van der Waals surface area (Å²) in [6.07, 6.45) is 3.77. The number of nitrogens with zero attached hydrogens (tertiary/aromatic N) is 1. The zero-order valence-electron chi connectivity index (χ0n) is 14.7. The molecular weight excluding hydrogens is 320 g/mol. The molecule has 6 heteroatoms. The van der Waals surface area contributed by atoms with Crippen LogP contribution in [0.3, 0.4) is 0 Å². The highest BCUT2D eigenvalue weighted by atomic mass is 16.6. The molecule has 0 unspecified atom stereocenters. The van der Waals surface area contributed by atoms with E-state index in [1.807, 2.05) is 30.0 Å². The van der Waals surface area contributed by atoms with E-state index in [9.17, 15) is 9.59 Å². The van der Waals surface area contributed by atoms with Gasteiger partial charge in [-0.05, 0) is 31.9 Å². The van der Waals surface area contributed by atoms with Gasteiger partial charge in [0.25, 0.3) is 5.91 Å². The normalized spacial score (nSPS) is 22.8. The highest BCUT2D eigenvalue weighted by molar-refractivity contribution is 5.83. The summed E-state index contributed by atoms with van der Waals surface area (Å²) in [7, 11) is 0. The van der Waals surface area contributed by atoms with Gasteiger partial charge in [-0.15, -0.1) is 0 Å². The molecule has 6 nitrogen and oxygen atoms in total. The second-order valence-electron chi connectivity index (χ2n) is 6.64. The Bertz CT molecular complexity index is 611. The van der Waals surface area contributed by atoms with Crippen LogP contribution in [0.5, 0.6) is 11.5 Å². The smallest absolute Gasteiger partial charge is 0.265 e. The van der Waals surface area contributed by atoms with Crippen molar-refractivity contribution in [3.8, 4) is 11.5 Å². The van der Waals surface area contributed by atoms with Crippen LogP contribution in [0.4, 0.5) is 0 Å². The van der Waals surface area contributed by atoms with Crippen molar-refractivity contribution in [2.45, 2.75) is 51.2 Å². The highest BCUT2D eigenvalue weighted by Crippen LogP contribution is 2.33. The van der Waals surface area contributed by atoms with Gasteiger partial charge in [-0.3, -0.25) is 9.59 Å².